The first-order valence-electron chi connectivity index (χ1n) is 7.27. The van der Waals surface area contributed by atoms with Crippen LogP contribution in [-0.4, -0.2) is 22.6 Å². The minimum absolute atomic E-state index is 0.154. The largest absolute Gasteiger partial charge is 0.480 e. The van der Waals surface area contributed by atoms with Crippen LogP contribution in [0.4, 0.5) is 5.69 Å². The number of ether oxygens (including phenoxy) is 1. The predicted octanol–water partition coefficient (Wildman–Crippen LogP) is 3.12. The standard InChI is InChI=1S/C18H17N3O2/c1-23-18-15(10-7-11-19-18)20-17(22)16(21-12-5-6-13-21)14-8-3-2-4-9-14/h2-13,16H,1H3,(H,20,22)/t16-/m0/s1. The molecule has 23 heavy (non-hydrogen) atoms. The Morgan fingerprint density at radius 1 is 1.09 bits per heavy atom. The van der Waals surface area contributed by atoms with Gasteiger partial charge in [0.1, 0.15) is 11.7 Å². The summed E-state index contributed by atoms with van der Waals surface area (Å²) in [5.74, 6) is 0.235. The maximum Gasteiger partial charge on any atom is 0.252 e. The molecule has 0 fully saturated rings. The van der Waals surface area contributed by atoms with E-state index in [2.05, 4.69) is 10.3 Å². The lowest BCUT2D eigenvalue weighted by Gasteiger charge is -2.19. The van der Waals surface area contributed by atoms with Crippen LogP contribution < -0.4 is 10.1 Å². The lowest BCUT2D eigenvalue weighted by atomic mass is 10.1. The molecule has 0 saturated carbocycles. The van der Waals surface area contributed by atoms with Gasteiger partial charge in [0.05, 0.1) is 7.11 Å². The molecule has 2 heterocycles. The first kappa shape index (κ1) is 14.8. The predicted molar refractivity (Wildman–Crippen MR) is 88.4 cm³/mol. The molecule has 0 bridgehead atoms. The van der Waals surface area contributed by atoms with Crippen LogP contribution in [0.15, 0.2) is 73.2 Å². The molecule has 0 radical (unpaired) electrons. The Kier molecular flexibility index (Phi) is 4.38. The van der Waals surface area contributed by atoms with E-state index in [1.54, 1.807) is 18.3 Å². The summed E-state index contributed by atoms with van der Waals surface area (Å²) in [6.45, 7) is 0. The highest BCUT2D eigenvalue weighted by Gasteiger charge is 2.22. The Morgan fingerprint density at radius 2 is 1.83 bits per heavy atom. The van der Waals surface area contributed by atoms with E-state index in [1.807, 2.05) is 59.4 Å². The van der Waals surface area contributed by atoms with Crippen molar-refractivity contribution in [1.29, 1.82) is 0 Å². The van der Waals surface area contributed by atoms with Crippen LogP contribution in [0.3, 0.4) is 0 Å². The zero-order valence-corrected chi connectivity index (χ0v) is 12.7. The Balaban J connectivity index is 1.93. The summed E-state index contributed by atoms with van der Waals surface area (Å²) in [6.07, 6.45) is 5.37. The number of hydrogen-bond acceptors (Lipinski definition) is 3. The second-order valence-corrected chi connectivity index (χ2v) is 4.99. The Bertz CT molecular complexity index is 770. The molecule has 0 aliphatic carbocycles. The van der Waals surface area contributed by atoms with Gasteiger partial charge in [-0.25, -0.2) is 4.98 Å². The average Bonchev–Trinajstić information content (AvgIpc) is 3.10. The summed E-state index contributed by atoms with van der Waals surface area (Å²) in [7, 11) is 1.53. The van der Waals surface area contributed by atoms with Crippen molar-refractivity contribution in [2.45, 2.75) is 6.04 Å². The molecule has 0 unspecified atom stereocenters. The molecule has 1 amide bonds. The maximum atomic E-state index is 12.9. The third kappa shape index (κ3) is 3.23. The third-order valence-electron chi connectivity index (χ3n) is 3.51. The monoisotopic (exact) mass is 307 g/mol. The molecular weight excluding hydrogens is 290 g/mol. The number of anilines is 1. The molecular formula is C18H17N3O2. The van der Waals surface area contributed by atoms with Gasteiger partial charge in [0, 0.05) is 18.6 Å². The highest BCUT2D eigenvalue weighted by Crippen LogP contribution is 2.24. The lowest BCUT2D eigenvalue weighted by molar-refractivity contribution is -0.118. The second-order valence-electron chi connectivity index (χ2n) is 4.99. The number of carbonyl (C=O) groups excluding carboxylic acids is 1. The molecule has 5 nitrogen and oxygen atoms in total. The van der Waals surface area contributed by atoms with Crippen LogP contribution in [0, 0.1) is 0 Å². The first-order valence-corrected chi connectivity index (χ1v) is 7.27. The van der Waals surface area contributed by atoms with Gasteiger partial charge in [-0.2, -0.15) is 0 Å². The van der Waals surface area contributed by atoms with Crippen molar-refractivity contribution in [2.24, 2.45) is 0 Å². The molecule has 0 saturated heterocycles. The topological polar surface area (TPSA) is 56.1 Å². The van der Waals surface area contributed by atoms with Gasteiger partial charge in [0.15, 0.2) is 0 Å². The van der Waals surface area contributed by atoms with E-state index in [1.165, 1.54) is 7.11 Å². The van der Waals surface area contributed by atoms with Crippen LogP contribution in [0.2, 0.25) is 0 Å². The van der Waals surface area contributed by atoms with Crippen molar-refractivity contribution in [1.82, 2.24) is 9.55 Å². The molecule has 1 aromatic carbocycles. The Hall–Kier alpha value is -3.08. The van der Waals surface area contributed by atoms with E-state index in [-0.39, 0.29) is 5.91 Å². The van der Waals surface area contributed by atoms with E-state index in [0.29, 0.717) is 11.6 Å². The molecule has 1 atom stereocenters. The van der Waals surface area contributed by atoms with E-state index >= 15 is 0 Å². The summed E-state index contributed by atoms with van der Waals surface area (Å²) in [4.78, 5) is 17.0. The van der Waals surface area contributed by atoms with Gasteiger partial charge in [-0.3, -0.25) is 4.79 Å². The van der Waals surface area contributed by atoms with Crippen LogP contribution >= 0.6 is 0 Å². The van der Waals surface area contributed by atoms with Crippen LogP contribution in [-0.2, 0) is 4.79 Å². The summed E-state index contributed by atoms with van der Waals surface area (Å²) in [5, 5.41) is 2.90. The number of hydrogen-bond donors (Lipinski definition) is 1. The highest BCUT2D eigenvalue weighted by molar-refractivity contribution is 5.96. The van der Waals surface area contributed by atoms with E-state index in [9.17, 15) is 4.79 Å². The van der Waals surface area contributed by atoms with Crippen LogP contribution in [0.5, 0.6) is 5.88 Å². The number of pyridine rings is 1. The van der Waals surface area contributed by atoms with Gasteiger partial charge in [-0.1, -0.05) is 30.3 Å². The van der Waals surface area contributed by atoms with Gasteiger partial charge in [0.2, 0.25) is 5.88 Å². The lowest BCUT2D eigenvalue weighted by Crippen LogP contribution is -2.26. The smallest absolute Gasteiger partial charge is 0.252 e. The first-order chi connectivity index (χ1) is 11.3. The molecule has 3 rings (SSSR count). The van der Waals surface area contributed by atoms with Crippen molar-refractivity contribution in [3.05, 3.63) is 78.8 Å². The van der Waals surface area contributed by atoms with Crippen molar-refractivity contribution in [3.63, 3.8) is 0 Å². The molecule has 0 spiro atoms. The minimum atomic E-state index is -0.462. The van der Waals surface area contributed by atoms with Crippen LogP contribution in [0.25, 0.3) is 0 Å². The number of rotatable bonds is 5. The fraction of sp³-hybridized carbons (Fsp3) is 0.111. The average molecular weight is 307 g/mol. The number of benzene rings is 1. The van der Waals surface area contributed by atoms with Gasteiger partial charge in [-0.15, -0.1) is 0 Å². The SMILES string of the molecule is COc1ncccc1NC(=O)[C@H](c1ccccc1)n1cccc1. The van der Waals surface area contributed by atoms with Crippen molar-refractivity contribution >= 4 is 11.6 Å². The number of aromatic nitrogens is 2. The minimum Gasteiger partial charge on any atom is -0.480 e. The Labute approximate surface area is 134 Å². The van der Waals surface area contributed by atoms with Gasteiger partial charge in [0.25, 0.3) is 5.91 Å². The number of methoxy groups -OCH3 is 1. The zero-order chi connectivity index (χ0) is 16.1. The molecule has 2 aromatic heterocycles. The van der Waals surface area contributed by atoms with E-state index < -0.39 is 6.04 Å². The molecule has 3 aromatic rings. The maximum absolute atomic E-state index is 12.9. The van der Waals surface area contributed by atoms with Gasteiger partial charge >= 0.3 is 0 Å². The molecule has 0 aliphatic heterocycles. The number of carbonyl (C=O) groups is 1. The fourth-order valence-electron chi connectivity index (χ4n) is 2.46. The second kappa shape index (κ2) is 6.79. The van der Waals surface area contributed by atoms with E-state index in [0.717, 1.165) is 5.56 Å². The van der Waals surface area contributed by atoms with Crippen LogP contribution in [0.1, 0.15) is 11.6 Å². The van der Waals surface area contributed by atoms with Crippen molar-refractivity contribution in [2.75, 3.05) is 12.4 Å². The number of nitrogens with zero attached hydrogens (tertiary/aromatic N) is 2. The zero-order valence-electron chi connectivity index (χ0n) is 12.7. The van der Waals surface area contributed by atoms with Gasteiger partial charge < -0.3 is 14.6 Å². The quantitative estimate of drug-likeness (QED) is 0.788. The number of nitrogens with one attached hydrogen (secondary N) is 1. The Morgan fingerprint density at radius 3 is 2.52 bits per heavy atom. The molecule has 1 N–H and O–H groups in total. The van der Waals surface area contributed by atoms with Gasteiger partial charge in [-0.05, 0) is 29.8 Å². The summed E-state index contributed by atoms with van der Waals surface area (Å²) in [6, 6.07) is 16.5. The normalized spacial score (nSPS) is 11.7. The van der Waals surface area contributed by atoms with Crippen molar-refractivity contribution < 1.29 is 9.53 Å². The summed E-state index contributed by atoms with van der Waals surface area (Å²) < 4.78 is 7.06. The summed E-state index contributed by atoms with van der Waals surface area (Å²) in [5.41, 5.74) is 1.46. The highest BCUT2D eigenvalue weighted by atomic mass is 16.5. The van der Waals surface area contributed by atoms with Crippen molar-refractivity contribution in [3.8, 4) is 5.88 Å². The summed E-state index contributed by atoms with van der Waals surface area (Å²) >= 11 is 0. The molecule has 5 heteroatoms. The third-order valence-corrected chi connectivity index (χ3v) is 3.51. The fourth-order valence-corrected chi connectivity index (χ4v) is 2.46. The molecule has 116 valence electrons. The molecule has 0 aliphatic rings. The van der Waals surface area contributed by atoms with E-state index in [4.69, 9.17) is 4.74 Å². The number of amides is 1.